The quantitative estimate of drug-likeness (QED) is 0.451. The highest BCUT2D eigenvalue weighted by molar-refractivity contribution is 6.02. The second-order valence-corrected chi connectivity index (χ2v) is 7.34. The first-order chi connectivity index (χ1) is 14.5. The van der Waals surface area contributed by atoms with Crippen LogP contribution in [-0.2, 0) is 17.9 Å². The van der Waals surface area contributed by atoms with Crippen LogP contribution in [0.2, 0.25) is 0 Å². The molecule has 7 heteroatoms. The van der Waals surface area contributed by atoms with E-state index in [1.54, 1.807) is 30.5 Å². The average Bonchev–Trinajstić information content (AvgIpc) is 3.23. The van der Waals surface area contributed by atoms with Crippen molar-refractivity contribution >= 4 is 16.7 Å². The Morgan fingerprint density at radius 2 is 1.77 bits per heavy atom. The van der Waals surface area contributed by atoms with Crippen LogP contribution in [-0.4, -0.2) is 20.7 Å². The fourth-order valence-corrected chi connectivity index (χ4v) is 3.16. The van der Waals surface area contributed by atoms with Gasteiger partial charge in [0.25, 0.3) is 5.56 Å². The molecule has 0 saturated carbocycles. The molecule has 0 saturated heterocycles. The molecule has 0 radical (unpaired) electrons. The van der Waals surface area contributed by atoms with Crippen molar-refractivity contribution in [3.8, 4) is 11.3 Å². The molecule has 0 unspecified atom stereocenters. The second-order valence-electron chi connectivity index (χ2n) is 7.34. The average molecular weight is 403 g/mol. The highest BCUT2D eigenvalue weighted by Gasteiger charge is 2.19. The predicted molar refractivity (Wildman–Crippen MR) is 112 cm³/mol. The lowest BCUT2D eigenvalue weighted by atomic mass is 10.1. The van der Waals surface area contributed by atoms with E-state index in [9.17, 15) is 9.59 Å². The van der Waals surface area contributed by atoms with Crippen molar-refractivity contribution in [2.45, 2.75) is 27.0 Å². The Bertz CT molecular complexity index is 1240. The molecule has 2 heterocycles. The van der Waals surface area contributed by atoms with Crippen LogP contribution >= 0.6 is 0 Å². The number of hydrogen-bond donors (Lipinski definition) is 0. The normalized spacial score (nSPS) is 11.2. The number of carbonyl (C=O) groups excluding carboxylic acids is 1. The minimum atomic E-state index is -0.636. The minimum absolute atomic E-state index is 0.0979. The zero-order valence-electron chi connectivity index (χ0n) is 16.7. The van der Waals surface area contributed by atoms with E-state index in [2.05, 4.69) is 10.1 Å². The van der Waals surface area contributed by atoms with Crippen LogP contribution in [0.25, 0.3) is 22.1 Å². The number of aromatic nitrogens is 3. The maximum absolute atomic E-state index is 12.8. The van der Waals surface area contributed by atoms with Gasteiger partial charge in [-0.25, -0.2) is 14.5 Å². The molecule has 0 aliphatic rings. The third kappa shape index (κ3) is 4.00. The van der Waals surface area contributed by atoms with Gasteiger partial charge in [0, 0.05) is 17.5 Å². The summed E-state index contributed by atoms with van der Waals surface area (Å²) in [6, 6.07) is 16.4. The van der Waals surface area contributed by atoms with E-state index >= 15 is 0 Å². The Morgan fingerprint density at radius 1 is 1.07 bits per heavy atom. The van der Waals surface area contributed by atoms with Gasteiger partial charge in [0.05, 0.1) is 11.6 Å². The van der Waals surface area contributed by atoms with Crippen LogP contribution in [0, 0.1) is 5.92 Å². The highest BCUT2D eigenvalue weighted by atomic mass is 16.5. The Balaban J connectivity index is 1.58. The first-order valence-electron chi connectivity index (χ1n) is 9.70. The molecule has 7 nitrogen and oxygen atoms in total. The summed E-state index contributed by atoms with van der Waals surface area (Å²) in [6.07, 6.45) is 1.59. The third-order valence-electron chi connectivity index (χ3n) is 4.54. The standard InChI is InChI=1S/C23H21N3O4/c1-15(2)13-26-22(27)18-11-7-6-10-17(18)21(25-26)23(28)29-14-20-24-12-19(30-20)16-8-4-3-5-9-16/h3-12,15H,13-14H2,1-2H3. The monoisotopic (exact) mass is 403 g/mol. The molecule has 0 fully saturated rings. The maximum atomic E-state index is 12.8. The minimum Gasteiger partial charge on any atom is -0.451 e. The number of rotatable bonds is 6. The highest BCUT2D eigenvalue weighted by Crippen LogP contribution is 2.21. The molecule has 0 spiro atoms. The number of ether oxygens (including phenoxy) is 1. The molecular weight excluding hydrogens is 382 g/mol. The van der Waals surface area contributed by atoms with Gasteiger partial charge in [-0.3, -0.25) is 4.79 Å². The SMILES string of the molecule is CC(C)Cn1nc(C(=O)OCc2ncc(-c3ccccc3)o2)c2ccccc2c1=O. The molecule has 2 aromatic heterocycles. The fraction of sp³-hybridized carbons (Fsp3) is 0.217. The van der Waals surface area contributed by atoms with Crippen molar-refractivity contribution in [2.75, 3.05) is 0 Å². The van der Waals surface area contributed by atoms with E-state index in [0.717, 1.165) is 5.56 Å². The number of fused-ring (bicyclic) bond motifs is 1. The lowest BCUT2D eigenvalue weighted by Gasteiger charge is -2.12. The zero-order valence-corrected chi connectivity index (χ0v) is 16.7. The number of oxazole rings is 1. The summed E-state index contributed by atoms with van der Waals surface area (Å²) in [4.78, 5) is 29.6. The van der Waals surface area contributed by atoms with Gasteiger partial charge in [0.1, 0.15) is 0 Å². The Morgan fingerprint density at radius 3 is 2.50 bits per heavy atom. The largest absolute Gasteiger partial charge is 0.451 e. The zero-order chi connectivity index (χ0) is 21.1. The van der Waals surface area contributed by atoms with Crippen molar-refractivity contribution in [3.63, 3.8) is 0 Å². The maximum Gasteiger partial charge on any atom is 0.359 e. The number of benzene rings is 2. The molecule has 0 atom stereocenters. The van der Waals surface area contributed by atoms with Crippen molar-refractivity contribution in [1.29, 1.82) is 0 Å². The smallest absolute Gasteiger partial charge is 0.359 e. The van der Waals surface area contributed by atoms with Gasteiger partial charge >= 0.3 is 5.97 Å². The molecule has 4 rings (SSSR count). The third-order valence-corrected chi connectivity index (χ3v) is 4.54. The first kappa shape index (κ1) is 19.6. The first-order valence-corrected chi connectivity index (χ1v) is 9.70. The van der Waals surface area contributed by atoms with Crippen LogP contribution in [0.5, 0.6) is 0 Å². The molecule has 0 aliphatic carbocycles. The number of carbonyl (C=O) groups is 1. The van der Waals surface area contributed by atoms with Crippen LogP contribution < -0.4 is 5.56 Å². The van der Waals surface area contributed by atoms with E-state index in [4.69, 9.17) is 9.15 Å². The van der Waals surface area contributed by atoms with E-state index in [0.29, 0.717) is 23.1 Å². The molecule has 0 bridgehead atoms. The Hall–Kier alpha value is -3.74. The second kappa shape index (κ2) is 8.32. The summed E-state index contributed by atoms with van der Waals surface area (Å²) < 4.78 is 12.4. The van der Waals surface area contributed by atoms with E-state index in [1.807, 2.05) is 44.2 Å². The number of esters is 1. The van der Waals surface area contributed by atoms with Crippen molar-refractivity contribution in [3.05, 3.63) is 82.7 Å². The van der Waals surface area contributed by atoms with Gasteiger partial charge in [-0.05, 0) is 12.0 Å². The topological polar surface area (TPSA) is 87.2 Å². The molecule has 0 amide bonds. The lowest BCUT2D eigenvalue weighted by molar-refractivity contribution is 0.0431. The molecule has 0 aliphatic heterocycles. The summed E-state index contributed by atoms with van der Waals surface area (Å²) in [6.45, 7) is 4.23. The number of nitrogens with zero attached hydrogens (tertiary/aromatic N) is 3. The molecule has 2 aromatic carbocycles. The molecule has 4 aromatic rings. The van der Waals surface area contributed by atoms with Gasteiger partial charge in [0.15, 0.2) is 18.1 Å². The summed E-state index contributed by atoms with van der Waals surface area (Å²) in [7, 11) is 0. The Labute approximate surface area is 172 Å². The van der Waals surface area contributed by atoms with Crippen LogP contribution in [0.3, 0.4) is 0 Å². The van der Waals surface area contributed by atoms with Gasteiger partial charge in [-0.1, -0.05) is 62.4 Å². The van der Waals surface area contributed by atoms with Crippen LogP contribution in [0.15, 0.2) is 70.0 Å². The van der Waals surface area contributed by atoms with Crippen LogP contribution in [0.4, 0.5) is 0 Å². The van der Waals surface area contributed by atoms with Gasteiger partial charge in [-0.2, -0.15) is 5.10 Å². The van der Waals surface area contributed by atoms with Crippen molar-refractivity contribution in [1.82, 2.24) is 14.8 Å². The van der Waals surface area contributed by atoms with Crippen LogP contribution in [0.1, 0.15) is 30.2 Å². The summed E-state index contributed by atoms with van der Waals surface area (Å²) in [5.74, 6) is 0.435. The van der Waals surface area contributed by atoms with Crippen molar-refractivity contribution in [2.24, 2.45) is 5.92 Å². The predicted octanol–water partition coefficient (Wildman–Crippen LogP) is 4.06. The van der Waals surface area contributed by atoms with Crippen molar-refractivity contribution < 1.29 is 13.9 Å². The molecule has 152 valence electrons. The number of hydrogen-bond acceptors (Lipinski definition) is 6. The summed E-state index contributed by atoms with van der Waals surface area (Å²) in [5.41, 5.74) is 0.757. The fourth-order valence-electron chi connectivity index (χ4n) is 3.16. The molecular formula is C23H21N3O4. The molecule has 0 N–H and O–H groups in total. The van der Waals surface area contributed by atoms with Gasteiger partial charge < -0.3 is 9.15 Å². The van der Waals surface area contributed by atoms with E-state index in [1.165, 1.54) is 4.68 Å². The summed E-state index contributed by atoms with van der Waals surface area (Å²) in [5, 5.41) is 5.18. The van der Waals surface area contributed by atoms with E-state index < -0.39 is 5.97 Å². The summed E-state index contributed by atoms with van der Waals surface area (Å²) >= 11 is 0. The molecule has 30 heavy (non-hydrogen) atoms. The van der Waals surface area contributed by atoms with Gasteiger partial charge in [-0.15, -0.1) is 0 Å². The lowest BCUT2D eigenvalue weighted by Crippen LogP contribution is -2.28. The van der Waals surface area contributed by atoms with Gasteiger partial charge in [0.2, 0.25) is 5.89 Å². The Kier molecular flexibility index (Phi) is 5.43. The van der Waals surface area contributed by atoms with E-state index in [-0.39, 0.29) is 29.7 Å².